The van der Waals surface area contributed by atoms with Crippen molar-refractivity contribution in [2.24, 2.45) is 5.41 Å². The number of piperidine rings is 2. The number of carbonyl (C=O) groups is 1. The van der Waals surface area contributed by atoms with Crippen LogP contribution in [0.25, 0.3) is 0 Å². The molecule has 0 unspecified atom stereocenters. The van der Waals surface area contributed by atoms with E-state index in [1.807, 2.05) is 4.90 Å². The Balaban J connectivity index is 1.26. The van der Waals surface area contributed by atoms with Gasteiger partial charge in [-0.15, -0.1) is 0 Å². The van der Waals surface area contributed by atoms with Crippen molar-refractivity contribution in [2.75, 3.05) is 44.2 Å². The zero-order valence-electron chi connectivity index (χ0n) is 16.2. The lowest BCUT2D eigenvalue weighted by Gasteiger charge is -2.55. The standard InChI is InChI=1S/C21H30IN3O2/c1-17-2-4-18(5-3-17)24-15-20(16-24)6-10-23(11-7-20)19(26)14-21(27)8-12-25(22)13-9-21/h2-5,27H,6-16H2,1H3. The lowest BCUT2D eigenvalue weighted by atomic mass is 9.71. The van der Waals surface area contributed by atoms with Crippen molar-refractivity contribution in [1.29, 1.82) is 0 Å². The average Bonchev–Trinajstić information content (AvgIpc) is 2.63. The van der Waals surface area contributed by atoms with Crippen molar-refractivity contribution in [2.45, 2.75) is 44.6 Å². The number of aliphatic hydroxyl groups is 1. The molecule has 0 aliphatic carbocycles. The third-order valence-electron chi connectivity index (χ3n) is 6.75. The fourth-order valence-electron chi connectivity index (χ4n) is 4.71. The van der Waals surface area contributed by atoms with E-state index in [1.165, 1.54) is 11.3 Å². The minimum absolute atomic E-state index is 0.143. The van der Waals surface area contributed by atoms with Gasteiger partial charge in [0.1, 0.15) is 0 Å². The van der Waals surface area contributed by atoms with E-state index in [9.17, 15) is 9.90 Å². The molecule has 6 heteroatoms. The maximum atomic E-state index is 12.7. The quantitative estimate of drug-likeness (QED) is 0.531. The molecule has 0 saturated carbocycles. The van der Waals surface area contributed by atoms with Crippen LogP contribution in [0.2, 0.25) is 0 Å². The van der Waals surface area contributed by atoms with Crippen LogP contribution in [-0.4, -0.2) is 63.9 Å². The van der Waals surface area contributed by atoms with Crippen molar-refractivity contribution in [3.05, 3.63) is 29.8 Å². The molecule has 1 N–H and O–H groups in total. The highest BCUT2D eigenvalue weighted by molar-refractivity contribution is 14.1. The Bertz CT molecular complexity index is 669. The van der Waals surface area contributed by atoms with Gasteiger partial charge < -0.3 is 14.9 Å². The van der Waals surface area contributed by atoms with E-state index in [-0.39, 0.29) is 5.91 Å². The van der Waals surface area contributed by atoms with Gasteiger partial charge >= 0.3 is 0 Å². The first kappa shape index (κ1) is 19.5. The van der Waals surface area contributed by atoms with Gasteiger partial charge in [-0.2, -0.15) is 0 Å². The van der Waals surface area contributed by atoms with Crippen LogP contribution in [0.5, 0.6) is 0 Å². The fraction of sp³-hybridized carbons (Fsp3) is 0.667. The van der Waals surface area contributed by atoms with Gasteiger partial charge in [0.2, 0.25) is 5.91 Å². The van der Waals surface area contributed by atoms with Gasteiger partial charge in [0, 0.05) is 73.2 Å². The number of likely N-dealkylation sites (tertiary alicyclic amines) is 1. The summed E-state index contributed by atoms with van der Waals surface area (Å²) in [6.45, 7) is 7.74. The second-order valence-corrected chi connectivity index (χ2v) is 10.2. The molecule has 3 aliphatic heterocycles. The molecule has 0 radical (unpaired) electrons. The van der Waals surface area contributed by atoms with Crippen LogP contribution < -0.4 is 4.90 Å². The summed E-state index contributed by atoms with van der Waals surface area (Å²) in [5, 5.41) is 10.7. The molecule has 0 bridgehead atoms. The van der Waals surface area contributed by atoms with Crippen molar-refractivity contribution in [1.82, 2.24) is 8.01 Å². The summed E-state index contributed by atoms with van der Waals surface area (Å²) in [7, 11) is 0. The van der Waals surface area contributed by atoms with E-state index in [1.54, 1.807) is 0 Å². The lowest BCUT2D eigenvalue weighted by Crippen LogP contribution is -2.61. The smallest absolute Gasteiger partial charge is 0.225 e. The van der Waals surface area contributed by atoms with E-state index >= 15 is 0 Å². The Morgan fingerprint density at radius 2 is 1.63 bits per heavy atom. The first-order valence-corrected chi connectivity index (χ1v) is 11.1. The van der Waals surface area contributed by atoms with Crippen molar-refractivity contribution >= 4 is 34.5 Å². The van der Waals surface area contributed by atoms with E-state index in [0.717, 1.165) is 52.1 Å². The van der Waals surface area contributed by atoms with E-state index in [4.69, 9.17) is 0 Å². The zero-order chi connectivity index (χ0) is 19.1. The molecule has 3 fully saturated rings. The molecular formula is C21H30IN3O2. The number of benzene rings is 1. The first-order chi connectivity index (χ1) is 12.9. The monoisotopic (exact) mass is 483 g/mol. The van der Waals surface area contributed by atoms with Gasteiger partial charge in [-0.3, -0.25) is 4.79 Å². The van der Waals surface area contributed by atoms with Crippen molar-refractivity contribution < 1.29 is 9.90 Å². The molecule has 0 aromatic heterocycles. The summed E-state index contributed by atoms with van der Waals surface area (Å²) in [5.41, 5.74) is 2.19. The van der Waals surface area contributed by atoms with Crippen LogP contribution in [0.15, 0.2) is 24.3 Å². The summed E-state index contributed by atoms with van der Waals surface area (Å²) < 4.78 is 2.19. The molecule has 0 atom stereocenters. The number of hydrogen-bond acceptors (Lipinski definition) is 4. The number of anilines is 1. The summed E-state index contributed by atoms with van der Waals surface area (Å²) in [6.07, 6.45) is 3.86. The van der Waals surface area contributed by atoms with Crippen LogP contribution in [0.1, 0.15) is 37.7 Å². The lowest BCUT2D eigenvalue weighted by molar-refractivity contribution is -0.140. The van der Waals surface area contributed by atoms with Gasteiger partial charge in [-0.25, -0.2) is 3.11 Å². The van der Waals surface area contributed by atoms with Crippen molar-refractivity contribution in [3.8, 4) is 0 Å². The minimum atomic E-state index is -0.799. The highest BCUT2D eigenvalue weighted by Crippen LogP contribution is 2.43. The molecule has 3 aliphatic rings. The molecule has 1 amide bonds. The van der Waals surface area contributed by atoms with Gasteiger partial charge in [-0.1, -0.05) is 17.7 Å². The maximum absolute atomic E-state index is 12.7. The summed E-state index contributed by atoms with van der Waals surface area (Å²) in [6, 6.07) is 8.77. The summed E-state index contributed by atoms with van der Waals surface area (Å²) in [4.78, 5) is 17.2. The topological polar surface area (TPSA) is 47.0 Å². The Labute approximate surface area is 176 Å². The minimum Gasteiger partial charge on any atom is -0.389 e. The largest absolute Gasteiger partial charge is 0.389 e. The second-order valence-electron chi connectivity index (χ2n) is 8.88. The Hall–Kier alpha value is -0.860. The molecule has 27 heavy (non-hydrogen) atoms. The Morgan fingerprint density at radius 1 is 1.04 bits per heavy atom. The number of aryl methyl sites for hydroxylation is 1. The molecule has 1 spiro atoms. The van der Waals surface area contributed by atoms with E-state index < -0.39 is 5.60 Å². The van der Waals surface area contributed by atoms with Gasteiger partial charge in [-0.05, 0) is 44.7 Å². The SMILES string of the molecule is Cc1ccc(N2CC3(CCN(C(=O)CC4(O)CCN(I)CC4)CC3)C2)cc1. The number of nitrogens with zero attached hydrogens (tertiary/aromatic N) is 3. The third-order valence-corrected chi connectivity index (χ3v) is 7.71. The number of carbonyl (C=O) groups excluding carboxylic acids is 1. The number of halogens is 1. The first-order valence-electron chi connectivity index (χ1n) is 10.1. The molecular weight excluding hydrogens is 453 g/mol. The fourth-order valence-corrected chi connectivity index (χ4v) is 5.20. The van der Waals surface area contributed by atoms with Crippen LogP contribution in [0, 0.1) is 12.3 Å². The highest BCUT2D eigenvalue weighted by atomic mass is 127. The molecule has 3 saturated heterocycles. The van der Waals surface area contributed by atoms with Gasteiger partial charge in [0.25, 0.3) is 0 Å². The summed E-state index contributed by atoms with van der Waals surface area (Å²) >= 11 is 2.29. The molecule has 5 nitrogen and oxygen atoms in total. The number of amides is 1. The Morgan fingerprint density at radius 3 is 2.22 bits per heavy atom. The molecule has 148 valence electrons. The van der Waals surface area contributed by atoms with Crippen LogP contribution in [-0.2, 0) is 4.79 Å². The third kappa shape index (κ3) is 4.27. The highest BCUT2D eigenvalue weighted by Gasteiger charge is 2.46. The molecule has 1 aromatic carbocycles. The van der Waals surface area contributed by atoms with Crippen LogP contribution >= 0.6 is 22.9 Å². The normalized spacial score (nSPS) is 24.7. The average molecular weight is 483 g/mol. The second kappa shape index (κ2) is 7.52. The van der Waals surface area contributed by atoms with E-state index in [2.05, 4.69) is 62.1 Å². The molecule has 4 rings (SSSR count). The zero-order valence-corrected chi connectivity index (χ0v) is 18.3. The Kier molecular flexibility index (Phi) is 5.42. The van der Waals surface area contributed by atoms with E-state index in [0.29, 0.717) is 24.7 Å². The maximum Gasteiger partial charge on any atom is 0.225 e. The van der Waals surface area contributed by atoms with Crippen LogP contribution in [0.4, 0.5) is 5.69 Å². The number of rotatable bonds is 3. The molecule has 1 aromatic rings. The number of hydrogen-bond donors (Lipinski definition) is 1. The predicted octanol–water partition coefficient (Wildman–Crippen LogP) is 2.99. The predicted molar refractivity (Wildman–Crippen MR) is 116 cm³/mol. The van der Waals surface area contributed by atoms with Gasteiger partial charge in [0.05, 0.1) is 12.0 Å². The van der Waals surface area contributed by atoms with Gasteiger partial charge in [0.15, 0.2) is 0 Å². The summed E-state index contributed by atoms with van der Waals surface area (Å²) in [5.74, 6) is 0.143. The molecule has 3 heterocycles. The van der Waals surface area contributed by atoms with Crippen molar-refractivity contribution in [3.63, 3.8) is 0 Å². The van der Waals surface area contributed by atoms with Crippen LogP contribution in [0.3, 0.4) is 0 Å².